The molecular weight excluding hydrogens is 382 g/mol. The fraction of sp³-hybridized carbons (Fsp3) is 0.375. The number of ether oxygens (including phenoxy) is 2. The molecule has 6 nitrogen and oxygen atoms in total. The van der Waals surface area contributed by atoms with E-state index in [2.05, 4.69) is 5.32 Å². The van der Waals surface area contributed by atoms with Crippen LogP contribution in [-0.4, -0.2) is 36.6 Å². The molecule has 0 unspecified atom stereocenters. The van der Waals surface area contributed by atoms with Gasteiger partial charge in [0.2, 0.25) is 0 Å². The molecule has 0 saturated carbocycles. The van der Waals surface area contributed by atoms with Crippen molar-refractivity contribution in [2.24, 2.45) is 0 Å². The van der Waals surface area contributed by atoms with Crippen molar-refractivity contribution in [3.8, 4) is 0 Å². The van der Waals surface area contributed by atoms with Crippen molar-refractivity contribution in [2.75, 3.05) is 13.2 Å². The van der Waals surface area contributed by atoms with Crippen molar-refractivity contribution in [1.82, 2.24) is 5.32 Å². The average Bonchev–Trinajstić information content (AvgIpc) is 2.71. The van der Waals surface area contributed by atoms with E-state index < -0.39 is 17.6 Å². The second-order valence-electron chi connectivity index (χ2n) is 7.99. The number of benzene rings is 2. The number of ketones is 1. The Bertz CT molecular complexity index is 871. The molecule has 160 valence electrons. The molecule has 2 rings (SSSR count). The van der Waals surface area contributed by atoms with Crippen molar-refractivity contribution in [1.29, 1.82) is 0 Å². The topological polar surface area (TPSA) is 81.7 Å². The van der Waals surface area contributed by atoms with Gasteiger partial charge in [0, 0.05) is 17.7 Å². The predicted octanol–water partition coefficient (Wildman–Crippen LogP) is 4.48. The van der Waals surface area contributed by atoms with Crippen LogP contribution in [0, 0.1) is 0 Å². The van der Waals surface area contributed by atoms with Crippen molar-refractivity contribution in [3.63, 3.8) is 0 Å². The molecule has 2 aromatic rings. The SMILES string of the molecule is C[C@@H](C(=O)OCCCNC(=O)OC(C)(C)C)c1cccc(C(=O)c2ccccc2)c1. The Balaban J connectivity index is 1.83. The molecule has 1 atom stereocenters. The molecule has 1 N–H and O–H groups in total. The monoisotopic (exact) mass is 411 g/mol. The third-order valence-corrected chi connectivity index (χ3v) is 4.27. The Kier molecular flexibility index (Phi) is 8.16. The first-order valence-corrected chi connectivity index (χ1v) is 10.0. The second-order valence-corrected chi connectivity index (χ2v) is 7.99. The maximum atomic E-state index is 12.6. The lowest BCUT2D eigenvalue weighted by molar-refractivity contribution is -0.145. The summed E-state index contributed by atoms with van der Waals surface area (Å²) in [6.45, 7) is 7.64. The van der Waals surface area contributed by atoms with Gasteiger partial charge in [0.1, 0.15) is 5.60 Å². The Morgan fingerprint density at radius 2 is 1.63 bits per heavy atom. The average molecular weight is 411 g/mol. The van der Waals surface area contributed by atoms with Crippen molar-refractivity contribution in [3.05, 3.63) is 71.3 Å². The molecule has 0 aromatic heterocycles. The van der Waals surface area contributed by atoms with Gasteiger partial charge in [-0.1, -0.05) is 48.5 Å². The minimum absolute atomic E-state index is 0.0914. The van der Waals surface area contributed by atoms with E-state index in [9.17, 15) is 14.4 Å². The number of hydrogen-bond acceptors (Lipinski definition) is 5. The highest BCUT2D eigenvalue weighted by molar-refractivity contribution is 6.09. The molecule has 6 heteroatoms. The molecule has 0 aliphatic rings. The molecule has 2 aromatic carbocycles. The minimum Gasteiger partial charge on any atom is -0.465 e. The number of amides is 1. The van der Waals surface area contributed by atoms with Crippen LogP contribution in [-0.2, 0) is 14.3 Å². The van der Waals surface area contributed by atoms with Crippen molar-refractivity contribution >= 4 is 17.8 Å². The van der Waals surface area contributed by atoms with Crippen LogP contribution in [0.3, 0.4) is 0 Å². The van der Waals surface area contributed by atoms with E-state index in [1.807, 2.05) is 18.2 Å². The first kappa shape index (κ1) is 23.1. The lowest BCUT2D eigenvalue weighted by atomic mass is 9.96. The Labute approximate surface area is 177 Å². The van der Waals surface area contributed by atoms with Crippen molar-refractivity contribution < 1.29 is 23.9 Å². The molecule has 0 spiro atoms. The van der Waals surface area contributed by atoms with E-state index in [1.165, 1.54) is 0 Å². The largest absolute Gasteiger partial charge is 0.465 e. The summed E-state index contributed by atoms with van der Waals surface area (Å²) in [6.07, 6.45) is -0.0216. The van der Waals surface area contributed by atoms with Gasteiger partial charge < -0.3 is 14.8 Å². The summed E-state index contributed by atoms with van der Waals surface area (Å²) in [4.78, 5) is 36.5. The number of alkyl carbamates (subject to hydrolysis) is 1. The van der Waals surface area contributed by atoms with Crippen LogP contribution in [0.4, 0.5) is 4.79 Å². The molecule has 1 amide bonds. The quantitative estimate of drug-likeness (QED) is 0.393. The molecule has 0 bridgehead atoms. The number of carbonyl (C=O) groups excluding carboxylic acids is 3. The van der Waals surface area contributed by atoms with Gasteiger partial charge >= 0.3 is 12.1 Å². The van der Waals surface area contributed by atoms with Crippen molar-refractivity contribution in [2.45, 2.75) is 45.6 Å². The standard InChI is InChI=1S/C24H29NO5/c1-17(22(27)29-15-9-14-25-23(28)30-24(2,3)4)19-12-8-13-20(16-19)21(26)18-10-6-5-7-11-18/h5-8,10-13,16-17H,9,14-15H2,1-4H3,(H,25,28)/t17-/m1/s1. The third kappa shape index (κ3) is 7.35. The maximum Gasteiger partial charge on any atom is 0.407 e. The van der Waals surface area contributed by atoms with E-state index in [0.29, 0.717) is 29.7 Å². The van der Waals surface area contributed by atoms with E-state index in [0.717, 1.165) is 0 Å². The van der Waals surface area contributed by atoms with Crippen LogP contribution in [0.5, 0.6) is 0 Å². The molecular formula is C24H29NO5. The summed E-state index contributed by atoms with van der Waals surface area (Å²) in [6, 6.07) is 16.0. The van der Waals surface area contributed by atoms with Gasteiger partial charge in [0.05, 0.1) is 12.5 Å². The summed E-state index contributed by atoms with van der Waals surface area (Å²) in [5.41, 5.74) is 1.29. The highest BCUT2D eigenvalue weighted by Crippen LogP contribution is 2.20. The zero-order valence-corrected chi connectivity index (χ0v) is 17.9. The number of esters is 1. The molecule has 0 aliphatic carbocycles. The normalized spacial score (nSPS) is 12.0. The molecule has 0 radical (unpaired) electrons. The van der Waals surface area contributed by atoms with Gasteiger partial charge in [-0.3, -0.25) is 9.59 Å². The second kappa shape index (κ2) is 10.6. The molecule has 0 heterocycles. The van der Waals surface area contributed by atoms with Crippen LogP contribution in [0.25, 0.3) is 0 Å². The van der Waals surface area contributed by atoms with Crippen LogP contribution >= 0.6 is 0 Å². The van der Waals surface area contributed by atoms with E-state index >= 15 is 0 Å². The Morgan fingerprint density at radius 3 is 2.30 bits per heavy atom. The minimum atomic E-state index is -0.553. The fourth-order valence-electron chi connectivity index (χ4n) is 2.72. The van der Waals surface area contributed by atoms with E-state index in [4.69, 9.17) is 9.47 Å². The van der Waals surface area contributed by atoms with E-state index in [-0.39, 0.29) is 18.4 Å². The first-order valence-electron chi connectivity index (χ1n) is 10.0. The molecule has 0 fully saturated rings. The van der Waals surface area contributed by atoms with Gasteiger partial charge in [-0.25, -0.2) is 4.79 Å². The third-order valence-electron chi connectivity index (χ3n) is 4.27. The molecule has 30 heavy (non-hydrogen) atoms. The fourth-order valence-corrected chi connectivity index (χ4v) is 2.72. The van der Waals surface area contributed by atoms with Gasteiger partial charge in [-0.2, -0.15) is 0 Å². The number of rotatable bonds is 8. The lowest BCUT2D eigenvalue weighted by Gasteiger charge is -2.19. The smallest absolute Gasteiger partial charge is 0.407 e. The van der Waals surface area contributed by atoms with Gasteiger partial charge in [-0.15, -0.1) is 0 Å². The zero-order chi connectivity index (χ0) is 22.1. The Hall–Kier alpha value is -3.15. The summed E-state index contributed by atoms with van der Waals surface area (Å²) in [5, 5.41) is 2.62. The van der Waals surface area contributed by atoms with Crippen LogP contribution in [0.15, 0.2) is 54.6 Å². The predicted molar refractivity (Wildman–Crippen MR) is 115 cm³/mol. The number of carbonyl (C=O) groups is 3. The number of nitrogens with one attached hydrogen (secondary N) is 1. The molecule has 0 saturated heterocycles. The van der Waals surface area contributed by atoms with Gasteiger partial charge in [0.15, 0.2) is 5.78 Å². The maximum absolute atomic E-state index is 12.6. The summed E-state index contributed by atoms with van der Waals surface area (Å²) in [7, 11) is 0. The Morgan fingerprint density at radius 1 is 0.967 bits per heavy atom. The zero-order valence-electron chi connectivity index (χ0n) is 17.9. The van der Waals surface area contributed by atoms with E-state index in [1.54, 1.807) is 64.1 Å². The number of hydrogen-bond donors (Lipinski definition) is 1. The summed E-state index contributed by atoms with van der Waals surface area (Å²) >= 11 is 0. The van der Waals surface area contributed by atoms with Gasteiger partial charge in [-0.05, 0) is 45.7 Å². The summed E-state index contributed by atoms with van der Waals surface area (Å²) in [5.74, 6) is -0.977. The molecule has 0 aliphatic heterocycles. The highest BCUT2D eigenvalue weighted by Gasteiger charge is 2.19. The van der Waals surface area contributed by atoms with Crippen LogP contribution in [0.1, 0.15) is 61.5 Å². The van der Waals surface area contributed by atoms with Crippen LogP contribution < -0.4 is 5.32 Å². The van der Waals surface area contributed by atoms with Crippen LogP contribution in [0.2, 0.25) is 0 Å². The lowest BCUT2D eigenvalue weighted by Crippen LogP contribution is -2.33. The first-order chi connectivity index (χ1) is 14.2. The highest BCUT2D eigenvalue weighted by atomic mass is 16.6. The summed E-state index contributed by atoms with van der Waals surface area (Å²) < 4.78 is 10.4. The van der Waals surface area contributed by atoms with Gasteiger partial charge in [0.25, 0.3) is 0 Å².